The third-order valence-electron chi connectivity index (χ3n) is 4.05. The van der Waals surface area contributed by atoms with Crippen molar-refractivity contribution in [3.05, 3.63) is 30.1 Å². The number of nitriles is 1. The van der Waals surface area contributed by atoms with Crippen molar-refractivity contribution in [3.63, 3.8) is 0 Å². The molecule has 2 rings (SSSR count). The van der Waals surface area contributed by atoms with Crippen molar-refractivity contribution >= 4 is 17.6 Å². The summed E-state index contributed by atoms with van der Waals surface area (Å²) in [7, 11) is 1.68. The van der Waals surface area contributed by atoms with Gasteiger partial charge in [-0.25, -0.2) is 9.18 Å². The molecule has 8 heteroatoms. The Morgan fingerprint density at radius 1 is 1.40 bits per heavy atom. The normalized spacial score (nSPS) is 16.9. The second-order valence-corrected chi connectivity index (χ2v) is 6.05. The highest BCUT2D eigenvalue weighted by atomic mass is 19.1. The number of urea groups is 1. The van der Waals surface area contributed by atoms with Gasteiger partial charge in [0.15, 0.2) is 0 Å². The Labute approximate surface area is 146 Å². The fourth-order valence-corrected chi connectivity index (χ4v) is 2.63. The molecular weight excluding hydrogens is 325 g/mol. The molecule has 7 nitrogen and oxygen atoms in total. The number of carbonyl (C=O) groups is 2. The van der Waals surface area contributed by atoms with E-state index in [9.17, 15) is 14.0 Å². The third kappa shape index (κ3) is 6.04. The Hall–Kier alpha value is -2.66. The summed E-state index contributed by atoms with van der Waals surface area (Å²) in [5.41, 5.74) is 0.517. The van der Waals surface area contributed by atoms with Crippen molar-refractivity contribution in [2.24, 2.45) is 0 Å². The molecule has 25 heavy (non-hydrogen) atoms. The summed E-state index contributed by atoms with van der Waals surface area (Å²) in [4.78, 5) is 27.5. The van der Waals surface area contributed by atoms with Gasteiger partial charge in [0.05, 0.1) is 19.0 Å². The summed E-state index contributed by atoms with van der Waals surface area (Å²) in [6, 6.07) is 7.16. The first-order chi connectivity index (χ1) is 12.0. The number of nitrogens with zero attached hydrogens (tertiary/aromatic N) is 3. The van der Waals surface area contributed by atoms with Gasteiger partial charge in [0.1, 0.15) is 5.82 Å². The van der Waals surface area contributed by atoms with Crippen LogP contribution < -0.4 is 10.6 Å². The Morgan fingerprint density at radius 2 is 2.12 bits per heavy atom. The number of benzene rings is 1. The topological polar surface area (TPSA) is 88.5 Å². The van der Waals surface area contributed by atoms with Crippen LogP contribution in [0.2, 0.25) is 0 Å². The molecule has 134 valence electrons. The maximum Gasteiger partial charge on any atom is 0.319 e. The molecule has 0 aromatic heterocycles. The number of hydrogen-bond acceptors (Lipinski definition) is 4. The summed E-state index contributed by atoms with van der Waals surface area (Å²) >= 11 is 0. The highest BCUT2D eigenvalue weighted by Crippen LogP contribution is 2.11. The standard InChI is InChI=1S/C17H22FN5O2/c1-22(9-2-8-19)16(24)12-23-10-7-15(11-23)21-17(25)20-14-5-3-13(18)4-6-14/h3-6,15H,2,7,9-12H2,1H3,(H2,20,21,25)/t15-/m1/s1. The van der Waals surface area contributed by atoms with Gasteiger partial charge >= 0.3 is 6.03 Å². The lowest BCUT2D eigenvalue weighted by Gasteiger charge is -2.21. The Bertz CT molecular complexity index is 643. The largest absolute Gasteiger partial charge is 0.344 e. The Morgan fingerprint density at radius 3 is 2.80 bits per heavy atom. The summed E-state index contributed by atoms with van der Waals surface area (Å²) in [6.45, 7) is 2.01. The molecule has 1 atom stereocenters. The lowest BCUT2D eigenvalue weighted by molar-refractivity contribution is -0.130. The molecule has 1 fully saturated rings. The van der Waals surface area contributed by atoms with E-state index >= 15 is 0 Å². The SMILES string of the molecule is CN(CCC#N)C(=O)CN1CC[C@@H](NC(=O)Nc2ccc(F)cc2)C1. The average Bonchev–Trinajstić information content (AvgIpc) is 3.01. The van der Waals surface area contributed by atoms with E-state index in [1.807, 2.05) is 11.0 Å². The number of likely N-dealkylation sites (tertiary alicyclic amines) is 1. The number of likely N-dealkylation sites (N-methyl/N-ethyl adjacent to an activating group) is 1. The van der Waals surface area contributed by atoms with Gasteiger partial charge < -0.3 is 15.5 Å². The lowest BCUT2D eigenvalue weighted by Crippen LogP contribution is -2.42. The van der Waals surface area contributed by atoms with Gasteiger partial charge in [0.2, 0.25) is 5.91 Å². The second kappa shape index (κ2) is 8.99. The molecule has 0 saturated carbocycles. The molecule has 0 unspecified atom stereocenters. The molecule has 1 heterocycles. The molecule has 1 saturated heterocycles. The number of hydrogen-bond donors (Lipinski definition) is 2. The van der Waals surface area contributed by atoms with Gasteiger partial charge in [-0.2, -0.15) is 5.26 Å². The molecule has 3 amide bonds. The first-order valence-corrected chi connectivity index (χ1v) is 8.14. The first kappa shape index (κ1) is 18.7. The molecule has 0 spiro atoms. The number of amides is 3. The summed E-state index contributed by atoms with van der Waals surface area (Å²) in [5.74, 6) is -0.395. The van der Waals surface area contributed by atoms with Crippen LogP contribution in [0.15, 0.2) is 24.3 Å². The van der Waals surface area contributed by atoms with Crippen LogP contribution in [-0.2, 0) is 4.79 Å². The zero-order chi connectivity index (χ0) is 18.2. The molecule has 0 bridgehead atoms. The summed E-state index contributed by atoms with van der Waals surface area (Å²) < 4.78 is 12.8. The van der Waals surface area contributed by atoms with Gasteiger partial charge in [-0.05, 0) is 30.7 Å². The van der Waals surface area contributed by atoms with E-state index in [1.165, 1.54) is 24.3 Å². The zero-order valence-electron chi connectivity index (χ0n) is 14.2. The quantitative estimate of drug-likeness (QED) is 0.814. The predicted octanol–water partition coefficient (Wildman–Crippen LogP) is 1.39. The van der Waals surface area contributed by atoms with Crippen LogP contribution >= 0.6 is 0 Å². The van der Waals surface area contributed by atoms with Crippen molar-refractivity contribution in [3.8, 4) is 6.07 Å². The minimum atomic E-state index is -0.359. The minimum absolute atomic E-state index is 0.0355. The van der Waals surface area contributed by atoms with Gasteiger partial charge in [0, 0.05) is 38.4 Å². The summed E-state index contributed by atoms with van der Waals surface area (Å²) in [5, 5.41) is 14.1. The van der Waals surface area contributed by atoms with Gasteiger partial charge in [0.25, 0.3) is 0 Å². The first-order valence-electron chi connectivity index (χ1n) is 8.14. The molecule has 2 N–H and O–H groups in total. The summed E-state index contributed by atoms with van der Waals surface area (Å²) in [6.07, 6.45) is 1.07. The smallest absolute Gasteiger partial charge is 0.319 e. The minimum Gasteiger partial charge on any atom is -0.344 e. The number of halogens is 1. The van der Waals surface area contributed by atoms with Crippen molar-refractivity contribution in [2.75, 3.05) is 38.5 Å². The molecule has 0 radical (unpaired) electrons. The number of anilines is 1. The molecule has 1 aliphatic rings. The van der Waals surface area contributed by atoms with Gasteiger partial charge in [-0.1, -0.05) is 0 Å². The van der Waals surface area contributed by atoms with E-state index in [0.717, 1.165) is 13.0 Å². The van der Waals surface area contributed by atoms with Crippen LogP contribution in [0.4, 0.5) is 14.9 Å². The van der Waals surface area contributed by atoms with E-state index in [1.54, 1.807) is 11.9 Å². The predicted molar refractivity (Wildman–Crippen MR) is 91.3 cm³/mol. The van der Waals surface area contributed by atoms with Crippen LogP contribution in [0.1, 0.15) is 12.8 Å². The molecule has 1 aliphatic heterocycles. The molecule has 0 aliphatic carbocycles. The monoisotopic (exact) mass is 347 g/mol. The lowest BCUT2D eigenvalue weighted by atomic mass is 10.3. The second-order valence-electron chi connectivity index (χ2n) is 6.05. The molecule has 1 aromatic rings. The third-order valence-corrected chi connectivity index (χ3v) is 4.05. The Kier molecular flexibility index (Phi) is 6.71. The van der Waals surface area contributed by atoms with Crippen molar-refractivity contribution in [1.29, 1.82) is 5.26 Å². The fourth-order valence-electron chi connectivity index (χ4n) is 2.63. The van der Waals surface area contributed by atoms with Crippen molar-refractivity contribution in [2.45, 2.75) is 18.9 Å². The van der Waals surface area contributed by atoms with E-state index in [-0.39, 0.29) is 30.3 Å². The zero-order valence-corrected chi connectivity index (χ0v) is 14.2. The maximum absolute atomic E-state index is 12.8. The van der Waals surface area contributed by atoms with E-state index in [2.05, 4.69) is 10.6 Å². The number of carbonyl (C=O) groups excluding carboxylic acids is 2. The van der Waals surface area contributed by atoms with Crippen LogP contribution in [0, 0.1) is 17.1 Å². The Balaban J connectivity index is 1.73. The van der Waals surface area contributed by atoms with Crippen LogP contribution in [0.5, 0.6) is 0 Å². The van der Waals surface area contributed by atoms with Gasteiger partial charge in [-0.3, -0.25) is 9.69 Å². The van der Waals surface area contributed by atoms with Gasteiger partial charge in [-0.15, -0.1) is 0 Å². The molecule has 1 aromatic carbocycles. The fraction of sp³-hybridized carbons (Fsp3) is 0.471. The molecular formula is C17H22FN5O2. The van der Waals surface area contributed by atoms with E-state index in [0.29, 0.717) is 25.2 Å². The van der Waals surface area contributed by atoms with E-state index in [4.69, 9.17) is 5.26 Å². The van der Waals surface area contributed by atoms with Crippen molar-refractivity contribution in [1.82, 2.24) is 15.1 Å². The highest BCUT2D eigenvalue weighted by Gasteiger charge is 2.26. The van der Waals surface area contributed by atoms with Crippen molar-refractivity contribution < 1.29 is 14.0 Å². The highest BCUT2D eigenvalue weighted by molar-refractivity contribution is 5.89. The number of rotatable bonds is 6. The van der Waals surface area contributed by atoms with Crippen LogP contribution in [0.25, 0.3) is 0 Å². The number of nitrogens with one attached hydrogen (secondary N) is 2. The van der Waals surface area contributed by atoms with Crippen LogP contribution in [0.3, 0.4) is 0 Å². The average molecular weight is 347 g/mol. The van der Waals surface area contributed by atoms with Crippen LogP contribution in [-0.4, -0.2) is 61.0 Å². The maximum atomic E-state index is 12.8. The van der Waals surface area contributed by atoms with E-state index < -0.39 is 0 Å².